The van der Waals surface area contributed by atoms with Crippen molar-refractivity contribution in [2.24, 2.45) is 0 Å². The highest BCUT2D eigenvalue weighted by atomic mass is 16.5. The fourth-order valence-corrected chi connectivity index (χ4v) is 4.75. The maximum atomic E-state index is 13.0. The number of hydrogen-bond donors (Lipinski definition) is 1. The SMILES string of the molecule is CCC(=O)N(c1ccccc1)C1(COC)CCN(CCn2nnc(C3CNCCO3)n2)CC1. The fourth-order valence-electron chi connectivity index (χ4n) is 4.75. The standard InChI is InChI=1S/C23H35N7O3/c1-3-21(31)30(19-7-5-4-6-8-19)23(18-32-2)9-12-28(13-10-23)14-15-29-26-22(25-27-29)20-17-24-11-16-33-20/h4-8,20,24H,3,9-18H2,1-2H3. The number of piperidine rings is 1. The lowest BCUT2D eigenvalue weighted by Crippen LogP contribution is -2.60. The molecule has 2 aliphatic rings. The third-order valence-electron chi connectivity index (χ3n) is 6.54. The Kier molecular flexibility index (Phi) is 8.02. The molecule has 2 fully saturated rings. The van der Waals surface area contributed by atoms with Crippen LogP contribution >= 0.6 is 0 Å². The molecule has 33 heavy (non-hydrogen) atoms. The molecule has 0 saturated carbocycles. The third-order valence-corrected chi connectivity index (χ3v) is 6.54. The Balaban J connectivity index is 1.38. The Hall–Kier alpha value is -2.40. The first-order valence-corrected chi connectivity index (χ1v) is 11.8. The molecule has 180 valence electrons. The van der Waals surface area contributed by atoms with Crippen LogP contribution in [-0.4, -0.2) is 89.6 Å². The van der Waals surface area contributed by atoms with E-state index in [1.807, 2.05) is 42.2 Å². The Labute approximate surface area is 195 Å². The van der Waals surface area contributed by atoms with Crippen LogP contribution in [0.15, 0.2) is 30.3 Å². The zero-order valence-corrected chi connectivity index (χ0v) is 19.7. The number of amides is 1. The summed E-state index contributed by atoms with van der Waals surface area (Å²) in [6.07, 6.45) is 2.03. The van der Waals surface area contributed by atoms with Gasteiger partial charge >= 0.3 is 0 Å². The summed E-state index contributed by atoms with van der Waals surface area (Å²) in [6, 6.07) is 9.96. The molecule has 1 aromatic carbocycles. The van der Waals surface area contributed by atoms with E-state index in [0.29, 0.717) is 38.5 Å². The summed E-state index contributed by atoms with van der Waals surface area (Å²) in [6.45, 7) is 7.92. The van der Waals surface area contributed by atoms with Crippen LogP contribution in [0.5, 0.6) is 0 Å². The van der Waals surface area contributed by atoms with Crippen molar-refractivity contribution in [3.8, 4) is 0 Å². The highest BCUT2D eigenvalue weighted by molar-refractivity contribution is 5.94. The van der Waals surface area contributed by atoms with Crippen LogP contribution in [0.25, 0.3) is 0 Å². The van der Waals surface area contributed by atoms with Crippen LogP contribution in [-0.2, 0) is 20.8 Å². The molecule has 1 N–H and O–H groups in total. The van der Waals surface area contributed by atoms with Gasteiger partial charge in [0.25, 0.3) is 0 Å². The molecule has 4 rings (SSSR count). The molecule has 0 radical (unpaired) electrons. The highest BCUT2D eigenvalue weighted by Gasteiger charge is 2.42. The third kappa shape index (κ3) is 5.57. The van der Waals surface area contributed by atoms with Crippen LogP contribution in [0.3, 0.4) is 0 Å². The van der Waals surface area contributed by atoms with Crippen LogP contribution in [0.1, 0.15) is 38.1 Å². The number of hydrogen-bond acceptors (Lipinski definition) is 8. The minimum atomic E-state index is -0.344. The summed E-state index contributed by atoms with van der Waals surface area (Å²) in [5.41, 5.74) is 0.595. The zero-order chi connectivity index (χ0) is 23.1. The Morgan fingerprint density at radius 3 is 2.73 bits per heavy atom. The lowest BCUT2D eigenvalue weighted by molar-refractivity contribution is -0.120. The number of carbonyl (C=O) groups excluding carboxylic acids is 1. The number of anilines is 1. The van der Waals surface area contributed by atoms with Crippen LogP contribution in [0.2, 0.25) is 0 Å². The maximum Gasteiger partial charge on any atom is 0.227 e. The number of methoxy groups -OCH3 is 1. The van der Waals surface area contributed by atoms with Crippen LogP contribution < -0.4 is 10.2 Å². The minimum absolute atomic E-state index is 0.128. The molecule has 0 bridgehead atoms. The molecular formula is C23H35N7O3. The van der Waals surface area contributed by atoms with Gasteiger partial charge < -0.3 is 24.6 Å². The average molecular weight is 458 g/mol. The van der Waals surface area contributed by atoms with E-state index in [1.54, 1.807) is 11.9 Å². The number of nitrogens with zero attached hydrogens (tertiary/aromatic N) is 6. The van der Waals surface area contributed by atoms with E-state index in [-0.39, 0.29) is 17.6 Å². The zero-order valence-electron chi connectivity index (χ0n) is 19.7. The smallest absolute Gasteiger partial charge is 0.227 e. The van der Waals surface area contributed by atoms with Crippen molar-refractivity contribution in [3.05, 3.63) is 36.2 Å². The predicted molar refractivity (Wildman–Crippen MR) is 124 cm³/mol. The second-order valence-corrected chi connectivity index (χ2v) is 8.72. The van der Waals surface area contributed by atoms with Crippen molar-refractivity contribution in [3.63, 3.8) is 0 Å². The molecule has 0 spiro atoms. The van der Waals surface area contributed by atoms with Gasteiger partial charge in [-0.3, -0.25) is 4.79 Å². The molecular weight excluding hydrogens is 422 g/mol. The molecule has 10 heteroatoms. The number of morpholine rings is 1. The van der Waals surface area contributed by atoms with Crippen molar-refractivity contribution >= 4 is 11.6 Å². The van der Waals surface area contributed by atoms with Crippen molar-refractivity contribution in [1.29, 1.82) is 0 Å². The van der Waals surface area contributed by atoms with Crippen LogP contribution in [0.4, 0.5) is 5.69 Å². The van der Waals surface area contributed by atoms with Gasteiger partial charge in [-0.25, -0.2) is 0 Å². The van der Waals surface area contributed by atoms with Gasteiger partial charge in [0.2, 0.25) is 11.7 Å². The first kappa shape index (κ1) is 23.7. The van der Waals surface area contributed by atoms with E-state index in [4.69, 9.17) is 9.47 Å². The van der Waals surface area contributed by atoms with E-state index in [0.717, 1.165) is 44.7 Å². The second kappa shape index (κ2) is 11.1. The van der Waals surface area contributed by atoms with Crippen molar-refractivity contribution in [1.82, 2.24) is 30.4 Å². The quantitative estimate of drug-likeness (QED) is 0.601. The summed E-state index contributed by atoms with van der Waals surface area (Å²) in [5, 5.41) is 16.2. The number of benzene rings is 1. The van der Waals surface area contributed by atoms with E-state index in [2.05, 4.69) is 25.6 Å². The second-order valence-electron chi connectivity index (χ2n) is 8.72. The number of ether oxygens (including phenoxy) is 2. The molecule has 0 aliphatic carbocycles. The lowest BCUT2D eigenvalue weighted by Gasteiger charge is -2.48. The van der Waals surface area contributed by atoms with Gasteiger partial charge in [-0.1, -0.05) is 25.1 Å². The molecule has 1 unspecified atom stereocenters. The molecule has 2 aromatic rings. The first-order chi connectivity index (χ1) is 16.1. The van der Waals surface area contributed by atoms with Gasteiger partial charge in [-0.15, -0.1) is 10.2 Å². The molecule has 1 atom stereocenters. The largest absolute Gasteiger partial charge is 0.382 e. The summed E-state index contributed by atoms with van der Waals surface area (Å²) < 4.78 is 11.4. The van der Waals surface area contributed by atoms with Crippen LogP contribution in [0, 0.1) is 0 Å². The molecule has 2 aliphatic heterocycles. The normalized spacial score (nSPS) is 21.1. The highest BCUT2D eigenvalue weighted by Crippen LogP contribution is 2.34. The Morgan fingerprint density at radius 2 is 2.06 bits per heavy atom. The van der Waals surface area contributed by atoms with Gasteiger partial charge in [0.1, 0.15) is 6.10 Å². The lowest BCUT2D eigenvalue weighted by atomic mass is 9.85. The monoisotopic (exact) mass is 457 g/mol. The van der Waals surface area contributed by atoms with E-state index < -0.39 is 0 Å². The number of aromatic nitrogens is 4. The van der Waals surface area contributed by atoms with Crippen molar-refractivity contribution in [2.75, 3.05) is 57.9 Å². The number of para-hydroxylation sites is 1. The number of likely N-dealkylation sites (tertiary alicyclic amines) is 1. The number of nitrogens with one attached hydrogen (secondary N) is 1. The minimum Gasteiger partial charge on any atom is -0.382 e. The number of rotatable bonds is 9. The van der Waals surface area contributed by atoms with Gasteiger partial charge in [-0.2, -0.15) is 4.80 Å². The summed E-state index contributed by atoms with van der Waals surface area (Å²) >= 11 is 0. The molecule has 10 nitrogen and oxygen atoms in total. The molecule has 1 aromatic heterocycles. The molecule has 1 amide bonds. The first-order valence-electron chi connectivity index (χ1n) is 11.8. The fraction of sp³-hybridized carbons (Fsp3) is 0.652. The number of carbonyl (C=O) groups is 1. The molecule has 2 saturated heterocycles. The topological polar surface area (TPSA) is 97.6 Å². The van der Waals surface area contributed by atoms with E-state index in [9.17, 15) is 4.79 Å². The summed E-state index contributed by atoms with van der Waals surface area (Å²) in [4.78, 5) is 19.1. The average Bonchev–Trinajstić information content (AvgIpc) is 3.34. The van der Waals surface area contributed by atoms with Crippen molar-refractivity contribution < 1.29 is 14.3 Å². The Morgan fingerprint density at radius 1 is 1.27 bits per heavy atom. The Bertz CT molecular complexity index is 877. The van der Waals surface area contributed by atoms with Gasteiger partial charge in [0, 0.05) is 51.9 Å². The summed E-state index contributed by atoms with van der Waals surface area (Å²) in [5.74, 6) is 0.766. The van der Waals surface area contributed by atoms with Gasteiger partial charge in [0.15, 0.2) is 0 Å². The number of tetrazole rings is 1. The van der Waals surface area contributed by atoms with E-state index in [1.165, 1.54) is 0 Å². The van der Waals surface area contributed by atoms with Crippen molar-refractivity contribution in [2.45, 2.75) is 44.4 Å². The predicted octanol–water partition coefficient (Wildman–Crippen LogP) is 1.26. The molecule has 3 heterocycles. The van der Waals surface area contributed by atoms with Gasteiger partial charge in [0.05, 0.1) is 25.3 Å². The summed E-state index contributed by atoms with van der Waals surface area (Å²) in [7, 11) is 1.72. The van der Waals surface area contributed by atoms with E-state index >= 15 is 0 Å². The maximum absolute atomic E-state index is 13.0. The van der Waals surface area contributed by atoms with Gasteiger partial charge in [-0.05, 0) is 30.2 Å².